The van der Waals surface area contributed by atoms with Crippen molar-refractivity contribution in [2.24, 2.45) is 5.73 Å². The van der Waals surface area contributed by atoms with Crippen molar-refractivity contribution in [3.63, 3.8) is 0 Å². The van der Waals surface area contributed by atoms with Gasteiger partial charge < -0.3 is 30.7 Å². The van der Waals surface area contributed by atoms with Crippen LogP contribution in [0.25, 0.3) is 11.1 Å². The van der Waals surface area contributed by atoms with Crippen LogP contribution in [0.2, 0.25) is 0 Å². The van der Waals surface area contributed by atoms with Crippen molar-refractivity contribution in [1.29, 1.82) is 0 Å². The number of amides is 1. The molecule has 0 spiro atoms. The van der Waals surface area contributed by atoms with Crippen LogP contribution in [0.15, 0.2) is 97.1 Å². The molecule has 4 aromatic carbocycles. The number of carbonyl (C=O) groups is 3. The van der Waals surface area contributed by atoms with Crippen LogP contribution in [0.3, 0.4) is 0 Å². The van der Waals surface area contributed by atoms with Crippen LogP contribution in [-0.2, 0) is 45.2 Å². The second-order valence-corrected chi connectivity index (χ2v) is 15.5. The smallest absolute Gasteiger partial charge is 0.329 e. The Labute approximate surface area is 316 Å². The van der Waals surface area contributed by atoms with Crippen LogP contribution in [0.1, 0.15) is 40.7 Å². The number of hydrogen-bond donors (Lipinski definition) is 3. The highest BCUT2D eigenvalue weighted by Crippen LogP contribution is 2.48. The molecular formula is C41H51FN4O5P2. The van der Waals surface area contributed by atoms with Gasteiger partial charge in [0.2, 0.25) is 11.4 Å². The topological polar surface area (TPSA) is 123 Å². The SMILES string of the molecule is CNCCC[C@H](N)C(=O)N(C)[C@@H](Cc1cc(-c2ccc(OCc3ccccc3)c(C[C@H](NC)C(=O)P(F)P)c2)ccc1C)C(=O)OCc1ccccc1. The van der Waals surface area contributed by atoms with Gasteiger partial charge in [-0.25, -0.2) is 8.99 Å². The van der Waals surface area contributed by atoms with E-state index in [2.05, 4.69) is 10.6 Å². The first kappa shape index (κ1) is 41.7. The second kappa shape index (κ2) is 21.0. The molecule has 0 heterocycles. The minimum atomic E-state index is -2.37. The third-order valence-electron chi connectivity index (χ3n) is 9.24. The molecular weight excluding hydrogens is 709 g/mol. The average molecular weight is 761 g/mol. The molecule has 0 saturated carbocycles. The molecule has 4 N–H and O–H groups in total. The summed E-state index contributed by atoms with van der Waals surface area (Å²) in [7, 11) is 4.72. The number of likely N-dealkylation sites (N-methyl/N-ethyl adjacent to an activating group) is 2. The summed E-state index contributed by atoms with van der Waals surface area (Å²) in [5.41, 5.74) is 11.9. The Kier molecular flexibility index (Phi) is 16.5. The summed E-state index contributed by atoms with van der Waals surface area (Å²) in [6, 6.07) is 28.5. The summed E-state index contributed by atoms with van der Waals surface area (Å²) < 4.78 is 26.2. The highest BCUT2D eigenvalue weighted by molar-refractivity contribution is 8.19. The lowest BCUT2D eigenvalue weighted by molar-refractivity contribution is -0.155. The van der Waals surface area contributed by atoms with E-state index in [9.17, 15) is 18.6 Å². The summed E-state index contributed by atoms with van der Waals surface area (Å²) in [6.07, 6.45) is 1.62. The fourth-order valence-electron chi connectivity index (χ4n) is 6.00. The van der Waals surface area contributed by atoms with Crippen molar-refractivity contribution in [3.8, 4) is 16.9 Å². The third-order valence-corrected chi connectivity index (χ3v) is 10.7. The Morgan fingerprint density at radius 1 is 0.868 bits per heavy atom. The molecule has 0 aliphatic rings. The number of carbonyl (C=O) groups excluding carboxylic acids is 3. The van der Waals surface area contributed by atoms with Gasteiger partial charge in [-0.15, -0.1) is 0 Å². The molecule has 53 heavy (non-hydrogen) atoms. The maximum Gasteiger partial charge on any atom is 0.329 e. The standard InChI is InChI=1S/C41H51FN4O5P2/c1-28-17-18-31(32-19-20-38(50-26-29-12-7-5-8-13-29)34(23-32)24-36(45-3)41(49)53(42)52)22-33(28)25-37(40(48)51-27-30-14-9-6-10-15-30)46(4)39(47)35(43)16-11-21-44-2/h5-10,12-15,17-20,22-23,35-37,44-45H,11,16,21,24-27,43,52H2,1-4H3/t35-,36-,37-,53?/m0/s1. The van der Waals surface area contributed by atoms with Crippen molar-refractivity contribution in [2.75, 3.05) is 27.7 Å². The molecule has 12 heteroatoms. The zero-order valence-electron chi connectivity index (χ0n) is 30.9. The second-order valence-electron chi connectivity index (χ2n) is 13.0. The molecule has 4 rings (SSSR count). The quantitative estimate of drug-likeness (QED) is 0.0531. The van der Waals surface area contributed by atoms with Gasteiger partial charge >= 0.3 is 5.97 Å². The van der Waals surface area contributed by atoms with Crippen LogP contribution in [0.4, 0.5) is 4.20 Å². The van der Waals surface area contributed by atoms with Gasteiger partial charge in [-0.2, -0.15) is 0 Å². The number of rotatable bonds is 20. The summed E-state index contributed by atoms with van der Waals surface area (Å²) in [6.45, 7) is 3.09. The third kappa shape index (κ3) is 12.2. The first-order valence-electron chi connectivity index (χ1n) is 17.7. The number of benzene rings is 4. The minimum Gasteiger partial charge on any atom is -0.489 e. The molecule has 2 unspecified atom stereocenters. The van der Waals surface area contributed by atoms with Gasteiger partial charge in [-0.1, -0.05) is 93.9 Å². The molecule has 9 nitrogen and oxygen atoms in total. The zero-order chi connectivity index (χ0) is 38.3. The molecule has 5 atom stereocenters. The molecule has 4 aromatic rings. The van der Waals surface area contributed by atoms with Crippen molar-refractivity contribution in [3.05, 3.63) is 125 Å². The zero-order valence-corrected chi connectivity index (χ0v) is 32.9. The van der Waals surface area contributed by atoms with Gasteiger partial charge in [0.1, 0.15) is 25.0 Å². The fourth-order valence-corrected chi connectivity index (χ4v) is 7.05. The van der Waals surface area contributed by atoms with E-state index in [1.807, 2.05) is 120 Å². The molecule has 0 aliphatic heterocycles. The van der Waals surface area contributed by atoms with Crippen LogP contribution in [0.5, 0.6) is 5.75 Å². The van der Waals surface area contributed by atoms with Crippen molar-refractivity contribution < 1.29 is 28.1 Å². The van der Waals surface area contributed by atoms with Gasteiger partial charge in [0.05, 0.1) is 12.1 Å². The maximum atomic E-state index is 14.2. The Balaban J connectivity index is 1.66. The average Bonchev–Trinajstić information content (AvgIpc) is 3.18. The molecule has 0 saturated heterocycles. The van der Waals surface area contributed by atoms with Crippen molar-refractivity contribution in [2.45, 2.75) is 63.9 Å². The largest absolute Gasteiger partial charge is 0.489 e. The van der Waals surface area contributed by atoms with Crippen LogP contribution >= 0.6 is 16.8 Å². The Bertz CT molecular complexity index is 1800. The number of hydrogen-bond acceptors (Lipinski definition) is 8. The number of nitrogens with two attached hydrogens (primary N) is 1. The number of nitrogens with one attached hydrogen (secondary N) is 2. The molecule has 1 amide bonds. The Hall–Kier alpha value is -4.04. The maximum absolute atomic E-state index is 14.2. The normalized spacial score (nSPS) is 13.4. The highest BCUT2D eigenvalue weighted by atomic mass is 32.0. The van der Waals surface area contributed by atoms with E-state index in [4.69, 9.17) is 15.2 Å². The molecule has 0 aliphatic carbocycles. The Morgan fingerprint density at radius 2 is 1.47 bits per heavy atom. The first-order chi connectivity index (χ1) is 25.5. The van der Waals surface area contributed by atoms with E-state index in [0.717, 1.165) is 51.9 Å². The first-order valence-corrected chi connectivity index (χ1v) is 20.6. The predicted molar refractivity (Wildman–Crippen MR) is 214 cm³/mol. The highest BCUT2D eigenvalue weighted by Gasteiger charge is 2.32. The van der Waals surface area contributed by atoms with Crippen LogP contribution < -0.4 is 21.1 Å². The molecule has 0 bridgehead atoms. The van der Waals surface area contributed by atoms with Gasteiger partial charge in [0, 0.05) is 13.5 Å². The van der Waals surface area contributed by atoms with Gasteiger partial charge in [-0.3, -0.25) is 9.59 Å². The van der Waals surface area contributed by atoms with Crippen molar-refractivity contribution >= 4 is 34.3 Å². The molecule has 282 valence electrons. The summed E-state index contributed by atoms with van der Waals surface area (Å²) in [5, 5.41) is 6.04. The lowest BCUT2D eigenvalue weighted by atomic mass is 9.93. The van der Waals surface area contributed by atoms with E-state index in [0.29, 0.717) is 18.8 Å². The number of nitrogens with zero attached hydrogens (tertiary/aromatic N) is 1. The number of halogens is 1. The lowest BCUT2D eigenvalue weighted by Gasteiger charge is -2.29. The van der Waals surface area contributed by atoms with Gasteiger partial charge in [0.25, 0.3) is 0 Å². The van der Waals surface area contributed by atoms with Crippen LogP contribution in [0, 0.1) is 6.92 Å². The number of esters is 1. The van der Waals surface area contributed by atoms with E-state index in [-0.39, 0.29) is 25.4 Å². The summed E-state index contributed by atoms with van der Waals surface area (Å²) in [4.78, 5) is 41.5. The monoisotopic (exact) mass is 760 g/mol. The fraction of sp³-hybridized carbons (Fsp3) is 0.341. The molecule has 0 fully saturated rings. The van der Waals surface area contributed by atoms with Crippen molar-refractivity contribution in [1.82, 2.24) is 15.5 Å². The van der Waals surface area contributed by atoms with E-state index < -0.39 is 37.5 Å². The van der Waals surface area contributed by atoms with Crippen LogP contribution in [-0.4, -0.2) is 68.1 Å². The van der Waals surface area contributed by atoms with E-state index in [1.165, 1.54) is 4.90 Å². The summed E-state index contributed by atoms with van der Waals surface area (Å²) >= 11 is 0. The number of aryl methyl sites for hydroxylation is 1. The molecule has 0 aromatic heterocycles. The predicted octanol–water partition coefficient (Wildman–Crippen LogP) is 6.49. The lowest BCUT2D eigenvalue weighted by Crippen LogP contribution is -2.51. The van der Waals surface area contributed by atoms with E-state index in [1.54, 1.807) is 14.1 Å². The van der Waals surface area contributed by atoms with E-state index >= 15 is 0 Å². The number of ether oxygens (including phenoxy) is 2. The summed E-state index contributed by atoms with van der Waals surface area (Å²) in [5.74, 6) is -0.260. The van der Waals surface area contributed by atoms with Gasteiger partial charge in [-0.05, 0) is 97.9 Å². The Morgan fingerprint density at radius 3 is 2.08 bits per heavy atom. The minimum absolute atomic E-state index is 0.0735. The molecule has 0 radical (unpaired) electrons. The van der Waals surface area contributed by atoms with Gasteiger partial charge in [0.15, 0.2) is 7.92 Å².